The number of hydrogen-bond acceptors (Lipinski definition) is 3. The Morgan fingerprint density at radius 2 is 1.64 bits per heavy atom. The molecule has 2 aromatic rings. The maximum atomic E-state index is 12.8. The Morgan fingerprint density at radius 3 is 2.18 bits per heavy atom. The van der Waals surface area contributed by atoms with Gasteiger partial charge in [-0.2, -0.15) is 0 Å². The predicted molar refractivity (Wildman–Crippen MR) is 81.7 cm³/mol. The summed E-state index contributed by atoms with van der Waals surface area (Å²) in [6.45, 7) is 2.32. The van der Waals surface area contributed by atoms with Crippen molar-refractivity contribution >= 4 is 5.91 Å². The minimum absolute atomic E-state index is 0.0624. The lowest BCUT2D eigenvalue weighted by Crippen LogP contribution is -2.35. The molecule has 0 saturated heterocycles. The molecule has 0 fully saturated rings. The molecular formula is C17H18FNO3. The van der Waals surface area contributed by atoms with Crippen LogP contribution >= 0.6 is 0 Å². The number of nitrogens with one attached hydrogen (secondary N) is 1. The number of amides is 1. The molecule has 0 aliphatic rings. The molecule has 2 rings (SSSR count). The first kappa shape index (κ1) is 16.0. The molecule has 0 heterocycles. The van der Waals surface area contributed by atoms with Crippen LogP contribution in [0.2, 0.25) is 0 Å². The molecule has 1 amide bonds. The number of methoxy groups -OCH3 is 1. The largest absolute Gasteiger partial charge is 0.457 e. The van der Waals surface area contributed by atoms with E-state index in [9.17, 15) is 9.18 Å². The second-order valence-electron chi connectivity index (χ2n) is 4.91. The summed E-state index contributed by atoms with van der Waals surface area (Å²) in [6, 6.07) is 12.4. The quantitative estimate of drug-likeness (QED) is 0.890. The van der Waals surface area contributed by atoms with E-state index in [-0.39, 0.29) is 17.8 Å². The molecule has 1 atom stereocenters. The molecule has 1 N–H and O–H groups in total. The minimum Gasteiger partial charge on any atom is -0.457 e. The van der Waals surface area contributed by atoms with Crippen LogP contribution in [0.3, 0.4) is 0 Å². The van der Waals surface area contributed by atoms with Gasteiger partial charge in [0.05, 0.1) is 6.61 Å². The average molecular weight is 303 g/mol. The molecule has 22 heavy (non-hydrogen) atoms. The van der Waals surface area contributed by atoms with Crippen LogP contribution in [0.25, 0.3) is 0 Å². The molecule has 2 aromatic carbocycles. The van der Waals surface area contributed by atoms with Crippen molar-refractivity contribution in [1.29, 1.82) is 0 Å². The molecule has 0 aliphatic heterocycles. The van der Waals surface area contributed by atoms with E-state index < -0.39 is 0 Å². The van der Waals surface area contributed by atoms with E-state index in [4.69, 9.17) is 9.47 Å². The maximum Gasteiger partial charge on any atom is 0.251 e. The topological polar surface area (TPSA) is 47.6 Å². The van der Waals surface area contributed by atoms with E-state index in [0.29, 0.717) is 23.7 Å². The highest BCUT2D eigenvalue weighted by atomic mass is 19.1. The van der Waals surface area contributed by atoms with Gasteiger partial charge in [-0.1, -0.05) is 0 Å². The second-order valence-corrected chi connectivity index (χ2v) is 4.91. The van der Waals surface area contributed by atoms with Crippen LogP contribution in [-0.2, 0) is 4.74 Å². The first-order valence-electron chi connectivity index (χ1n) is 6.92. The molecule has 0 spiro atoms. The van der Waals surface area contributed by atoms with E-state index in [1.165, 1.54) is 12.1 Å². The molecule has 116 valence electrons. The van der Waals surface area contributed by atoms with Crippen LogP contribution in [0.1, 0.15) is 17.3 Å². The number of carbonyl (C=O) groups excluding carboxylic acids is 1. The molecule has 0 aliphatic carbocycles. The van der Waals surface area contributed by atoms with Crippen LogP contribution in [0.4, 0.5) is 4.39 Å². The lowest BCUT2D eigenvalue weighted by molar-refractivity contribution is 0.0905. The molecule has 4 nitrogen and oxygen atoms in total. The first-order chi connectivity index (χ1) is 10.6. The molecule has 0 bridgehead atoms. The van der Waals surface area contributed by atoms with E-state index in [0.717, 1.165) is 0 Å². The van der Waals surface area contributed by atoms with Crippen LogP contribution in [0.15, 0.2) is 48.5 Å². The summed E-state index contributed by atoms with van der Waals surface area (Å²) >= 11 is 0. The zero-order chi connectivity index (χ0) is 15.9. The van der Waals surface area contributed by atoms with Crippen molar-refractivity contribution in [2.75, 3.05) is 13.7 Å². The zero-order valence-corrected chi connectivity index (χ0v) is 12.5. The van der Waals surface area contributed by atoms with Crippen molar-refractivity contribution in [1.82, 2.24) is 5.32 Å². The van der Waals surface area contributed by atoms with Crippen LogP contribution < -0.4 is 10.1 Å². The lowest BCUT2D eigenvalue weighted by atomic mass is 10.2. The number of rotatable bonds is 6. The Bertz CT molecular complexity index is 611. The van der Waals surface area contributed by atoms with Crippen molar-refractivity contribution in [3.05, 3.63) is 59.9 Å². The van der Waals surface area contributed by atoms with Gasteiger partial charge in [0.25, 0.3) is 5.91 Å². The van der Waals surface area contributed by atoms with Gasteiger partial charge >= 0.3 is 0 Å². The van der Waals surface area contributed by atoms with Crippen molar-refractivity contribution < 1.29 is 18.7 Å². The SMILES string of the molecule is COCC(C)NC(=O)c1ccc(Oc2ccc(F)cc2)cc1. The standard InChI is InChI=1S/C17H18FNO3/c1-12(11-21-2)19-17(20)13-3-7-15(8-4-13)22-16-9-5-14(18)6-10-16/h3-10,12H,11H2,1-2H3,(H,19,20). The van der Waals surface area contributed by atoms with Gasteiger partial charge in [-0.05, 0) is 55.5 Å². The molecule has 1 unspecified atom stereocenters. The van der Waals surface area contributed by atoms with Gasteiger partial charge in [-0.25, -0.2) is 4.39 Å². The molecular weight excluding hydrogens is 285 g/mol. The monoisotopic (exact) mass is 303 g/mol. The van der Waals surface area contributed by atoms with Crippen LogP contribution in [0.5, 0.6) is 11.5 Å². The number of halogens is 1. The number of benzene rings is 2. The third-order valence-corrected chi connectivity index (χ3v) is 2.96. The van der Waals surface area contributed by atoms with Gasteiger partial charge < -0.3 is 14.8 Å². The van der Waals surface area contributed by atoms with Gasteiger partial charge in [-0.3, -0.25) is 4.79 Å². The predicted octanol–water partition coefficient (Wildman–Crippen LogP) is 3.38. The van der Waals surface area contributed by atoms with Gasteiger partial charge in [0.2, 0.25) is 0 Å². The second kappa shape index (κ2) is 7.56. The highest BCUT2D eigenvalue weighted by Crippen LogP contribution is 2.21. The highest BCUT2D eigenvalue weighted by molar-refractivity contribution is 5.94. The average Bonchev–Trinajstić information content (AvgIpc) is 2.50. The molecule has 5 heteroatoms. The fourth-order valence-corrected chi connectivity index (χ4v) is 1.91. The summed E-state index contributed by atoms with van der Waals surface area (Å²) in [5.41, 5.74) is 0.536. The van der Waals surface area contributed by atoms with Gasteiger partial charge in [0, 0.05) is 18.7 Å². The number of ether oxygens (including phenoxy) is 2. The van der Waals surface area contributed by atoms with Crippen molar-refractivity contribution in [3.63, 3.8) is 0 Å². The summed E-state index contributed by atoms with van der Waals surface area (Å²) in [6.07, 6.45) is 0. The summed E-state index contributed by atoms with van der Waals surface area (Å²) in [7, 11) is 1.59. The Labute approximate surface area is 128 Å². The van der Waals surface area contributed by atoms with Crippen molar-refractivity contribution in [2.24, 2.45) is 0 Å². The Morgan fingerprint density at radius 1 is 1.09 bits per heavy atom. The fraction of sp³-hybridized carbons (Fsp3) is 0.235. The van der Waals surface area contributed by atoms with Crippen LogP contribution in [0, 0.1) is 5.82 Å². The Kier molecular flexibility index (Phi) is 5.49. The molecule has 0 saturated carbocycles. The minimum atomic E-state index is -0.315. The Hall–Kier alpha value is -2.40. The van der Waals surface area contributed by atoms with E-state index >= 15 is 0 Å². The van der Waals surface area contributed by atoms with E-state index in [1.54, 1.807) is 43.5 Å². The van der Waals surface area contributed by atoms with Gasteiger partial charge in [-0.15, -0.1) is 0 Å². The Balaban J connectivity index is 1.97. The first-order valence-corrected chi connectivity index (χ1v) is 6.92. The summed E-state index contributed by atoms with van der Waals surface area (Å²) in [5, 5.41) is 2.83. The van der Waals surface area contributed by atoms with E-state index in [2.05, 4.69) is 5.32 Å². The summed E-state index contributed by atoms with van der Waals surface area (Å²) < 4.78 is 23.4. The maximum absolute atomic E-state index is 12.8. The van der Waals surface area contributed by atoms with E-state index in [1.807, 2.05) is 6.92 Å². The zero-order valence-electron chi connectivity index (χ0n) is 12.5. The normalized spacial score (nSPS) is 11.8. The van der Waals surface area contributed by atoms with Gasteiger partial charge in [0.15, 0.2) is 0 Å². The summed E-state index contributed by atoms with van der Waals surface area (Å²) in [4.78, 5) is 12.0. The van der Waals surface area contributed by atoms with Gasteiger partial charge in [0.1, 0.15) is 17.3 Å². The van der Waals surface area contributed by atoms with Crippen molar-refractivity contribution in [3.8, 4) is 11.5 Å². The lowest BCUT2D eigenvalue weighted by Gasteiger charge is -2.13. The third kappa shape index (κ3) is 4.56. The van der Waals surface area contributed by atoms with Crippen molar-refractivity contribution in [2.45, 2.75) is 13.0 Å². The summed E-state index contributed by atoms with van der Waals surface area (Å²) in [5.74, 6) is 0.628. The molecule has 0 aromatic heterocycles. The third-order valence-electron chi connectivity index (χ3n) is 2.96. The molecule has 0 radical (unpaired) electrons. The number of carbonyl (C=O) groups is 1. The van der Waals surface area contributed by atoms with Crippen LogP contribution in [-0.4, -0.2) is 25.7 Å². The smallest absolute Gasteiger partial charge is 0.251 e. The highest BCUT2D eigenvalue weighted by Gasteiger charge is 2.09. The fourth-order valence-electron chi connectivity index (χ4n) is 1.91. The number of hydrogen-bond donors (Lipinski definition) is 1.